The van der Waals surface area contributed by atoms with E-state index in [1.807, 2.05) is 0 Å². The first-order valence-corrected chi connectivity index (χ1v) is 7.68. The minimum absolute atomic E-state index is 0. The van der Waals surface area contributed by atoms with Gasteiger partial charge in [-0.1, -0.05) is 0 Å². The predicted molar refractivity (Wildman–Crippen MR) is 75.8 cm³/mol. The summed E-state index contributed by atoms with van der Waals surface area (Å²) in [6.45, 7) is 1.65. The first-order valence-electron chi connectivity index (χ1n) is 6.03. The fourth-order valence-corrected chi connectivity index (χ4v) is 3.72. The highest BCUT2D eigenvalue weighted by molar-refractivity contribution is 7.91. The van der Waals surface area contributed by atoms with E-state index < -0.39 is 14.8 Å². The smallest absolute Gasteiger partial charge is 0.287 e. The lowest BCUT2D eigenvalue weighted by molar-refractivity contribution is -0.385. The molecular weight excluding hydrogens is 306 g/mol. The van der Waals surface area contributed by atoms with Crippen LogP contribution in [0.5, 0.6) is 0 Å². The second-order valence-corrected chi connectivity index (χ2v) is 6.57. The number of sulfone groups is 1. The number of halogens is 1. The van der Waals surface area contributed by atoms with Gasteiger partial charge in [-0.25, -0.2) is 13.4 Å². The summed E-state index contributed by atoms with van der Waals surface area (Å²) in [5, 5.41) is 13.6. The van der Waals surface area contributed by atoms with E-state index in [4.69, 9.17) is 0 Å². The maximum absolute atomic E-state index is 12.1. The van der Waals surface area contributed by atoms with Crippen LogP contribution in [0.25, 0.3) is 0 Å². The first-order chi connectivity index (χ1) is 8.99. The molecule has 20 heavy (non-hydrogen) atoms. The Hall–Kier alpha value is -1.25. The van der Waals surface area contributed by atoms with Crippen molar-refractivity contribution in [1.29, 1.82) is 0 Å². The van der Waals surface area contributed by atoms with Crippen molar-refractivity contribution in [2.75, 3.05) is 18.8 Å². The van der Waals surface area contributed by atoms with Crippen molar-refractivity contribution in [2.24, 2.45) is 5.92 Å². The number of aromatic nitrogens is 1. The van der Waals surface area contributed by atoms with Gasteiger partial charge in [0.2, 0.25) is 0 Å². The van der Waals surface area contributed by atoms with Gasteiger partial charge in [0.15, 0.2) is 14.9 Å². The molecule has 0 aromatic carbocycles. The molecule has 0 saturated carbocycles. The highest BCUT2D eigenvalue weighted by Gasteiger charge is 2.24. The van der Waals surface area contributed by atoms with Gasteiger partial charge < -0.3 is 5.32 Å². The van der Waals surface area contributed by atoms with Crippen LogP contribution in [0.15, 0.2) is 23.4 Å². The van der Waals surface area contributed by atoms with Crippen molar-refractivity contribution < 1.29 is 13.3 Å². The zero-order chi connectivity index (χ0) is 13.9. The number of pyridine rings is 1. The normalized spacial score (nSPS) is 16.4. The summed E-state index contributed by atoms with van der Waals surface area (Å²) in [5.74, 6) is 0.183. The van der Waals surface area contributed by atoms with E-state index in [1.165, 1.54) is 12.1 Å². The number of nitro groups is 1. The molecule has 0 radical (unpaired) electrons. The summed E-state index contributed by atoms with van der Waals surface area (Å²) < 4.78 is 24.3. The molecular formula is C11H16ClN3O4S. The van der Waals surface area contributed by atoms with E-state index in [0.29, 0.717) is 0 Å². The molecule has 0 amide bonds. The largest absolute Gasteiger partial charge is 0.317 e. The summed E-state index contributed by atoms with van der Waals surface area (Å²) in [7, 11) is -3.46. The van der Waals surface area contributed by atoms with Crippen LogP contribution in [-0.2, 0) is 9.84 Å². The van der Waals surface area contributed by atoms with Crippen molar-refractivity contribution in [2.45, 2.75) is 17.9 Å². The Labute approximate surface area is 123 Å². The average Bonchev–Trinajstić information content (AvgIpc) is 2.39. The van der Waals surface area contributed by atoms with Gasteiger partial charge in [-0.2, -0.15) is 0 Å². The van der Waals surface area contributed by atoms with Gasteiger partial charge in [0.25, 0.3) is 5.69 Å². The lowest BCUT2D eigenvalue weighted by atomic mass is 10.0. The molecule has 1 N–H and O–H groups in total. The number of rotatable bonds is 4. The molecule has 0 bridgehead atoms. The summed E-state index contributed by atoms with van der Waals surface area (Å²) in [6, 6.07) is 2.37. The van der Waals surface area contributed by atoms with Gasteiger partial charge in [0.1, 0.15) is 6.20 Å². The molecule has 0 aliphatic carbocycles. The Bertz CT molecular complexity index is 556. The molecule has 0 spiro atoms. The summed E-state index contributed by atoms with van der Waals surface area (Å²) in [4.78, 5) is 13.6. The summed E-state index contributed by atoms with van der Waals surface area (Å²) in [6.07, 6.45) is 2.63. The van der Waals surface area contributed by atoms with Gasteiger partial charge in [0, 0.05) is 6.07 Å². The number of nitrogens with one attached hydrogen (secondary N) is 1. The third kappa shape index (κ3) is 4.12. The Balaban J connectivity index is 0.00000200. The van der Waals surface area contributed by atoms with Gasteiger partial charge in [-0.3, -0.25) is 10.1 Å². The molecule has 9 heteroatoms. The van der Waals surface area contributed by atoms with Crippen molar-refractivity contribution in [1.82, 2.24) is 10.3 Å². The zero-order valence-corrected chi connectivity index (χ0v) is 12.3. The van der Waals surface area contributed by atoms with Crippen molar-refractivity contribution in [3.05, 3.63) is 28.4 Å². The van der Waals surface area contributed by atoms with E-state index in [9.17, 15) is 18.5 Å². The van der Waals surface area contributed by atoms with Crippen LogP contribution in [-0.4, -0.2) is 37.2 Å². The third-order valence-electron chi connectivity index (χ3n) is 3.16. The number of piperidine rings is 1. The van der Waals surface area contributed by atoms with Gasteiger partial charge in [-0.15, -0.1) is 12.4 Å². The molecule has 2 heterocycles. The highest BCUT2D eigenvalue weighted by Crippen LogP contribution is 2.20. The highest BCUT2D eigenvalue weighted by atomic mass is 35.5. The van der Waals surface area contributed by atoms with Crippen molar-refractivity contribution >= 4 is 27.9 Å². The van der Waals surface area contributed by atoms with E-state index in [-0.39, 0.29) is 34.8 Å². The topological polar surface area (TPSA) is 102 Å². The van der Waals surface area contributed by atoms with E-state index in [2.05, 4.69) is 10.3 Å². The maximum Gasteiger partial charge on any atom is 0.287 e. The van der Waals surface area contributed by atoms with Crippen molar-refractivity contribution in [3.8, 4) is 0 Å². The van der Waals surface area contributed by atoms with Crippen LogP contribution in [0.1, 0.15) is 12.8 Å². The molecule has 1 aliphatic rings. The van der Waals surface area contributed by atoms with Gasteiger partial charge in [0.05, 0.1) is 10.7 Å². The van der Waals surface area contributed by atoms with Gasteiger partial charge in [-0.05, 0) is 37.9 Å². The molecule has 0 unspecified atom stereocenters. The van der Waals surface area contributed by atoms with Crippen LogP contribution in [0, 0.1) is 16.0 Å². The Morgan fingerprint density at radius 3 is 2.50 bits per heavy atom. The van der Waals surface area contributed by atoms with Crippen LogP contribution in [0.3, 0.4) is 0 Å². The lowest BCUT2D eigenvalue weighted by Gasteiger charge is -2.21. The maximum atomic E-state index is 12.1. The molecule has 1 aliphatic heterocycles. The number of hydrogen-bond acceptors (Lipinski definition) is 6. The molecule has 112 valence electrons. The van der Waals surface area contributed by atoms with Crippen molar-refractivity contribution in [3.63, 3.8) is 0 Å². The van der Waals surface area contributed by atoms with E-state index >= 15 is 0 Å². The fraction of sp³-hybridized carbons (Fsp3) is 0.545. The molecule has 7 nitrogen and oxygen atoms in total. The number of hydrogen-bond donors (Lipinski definition) is 1. The van der Waals surface area contributed by atoms with Gasteiger partial charge >= 0.3 is 0 Å². The average molecular weight is 322 g/mol. The summed E-state index contributed by atoms with van der Waals surface area (Å²) in [5.41, 5.74) is -0.208. The molecule has 1 aromatic rings. The van der Waals surface area contributed by atoms with E-state index in [1.54, 1.807) is 0 Å². The quantitative estimate of drug-likeness (QED) is 0.660. The SMILES string of the molecule is Cl.O=[N+]([O-])c1ccc(S(=O)(=O)CC2CCNCC2)nc1. The number of nitrogens with zero attached hydrogens (tertiary/aromatic N) is 2. The van der Waals surface area contributed by atoms with Crippen LogP contribution in [0.4, 0.5) is 5.69 Å². The molecule has 1 fully saturated rings. The Kier molecular flexibility index (Phi) is 5.85. The first kappa shape index (κ1) is 16.8. The van der Waals surface area contributed by atoms with E-state index in [0.717, 1.165) is 32.1 Å². The Morgan fingerprint density at radius 2 is 2.00 bits per heavy atom. The standard InChI is InChI=1S/C11H15N3O4S.ClH/c15-14(16)10-1-2-11(13-7-10)19(17,18)8-9-3-5-12-6-4-9;/h1-2,7,9,12H,3-6,8H2;1H. The van der Waals surface area contributed by atoms with Crippen LogP contribution >= 0.6 is 12.4 Å². The minimum Gasteiger partial charge on any atom is -0.317 e. The minimum atomic E-state index is -3.46. The second-order valence-electron chi connectivity index (χ2n) is 4.59. The van der Waals surface area contributed by atoms with Crippen LogP contribution < -0.4 is 5.32 Å². The second kappa shape index (κ2) is 6.96. The molecule has 1 aromatic heterocycles. The predicted octanol–water partition coefficient (Wildman–Crippen LogP) is 1.18. The Morgan fingerprint density at radius 1 is 1.35 bits per heavy atom. The zero-order valence-electron chi connectivity index (χ0n) is 10.7. The molecule has 2 rings (SSSR count). The van der Waals surface area contributed by atoms with Crippen LogP contribution in [0.2, 0.25) is 0 Å². The molecule has 1 saturated heterocycles. The monoisotopic (exact) mass is 321 g/mol. The molecule has 0 atom stereocenters. The lowest BCUT2D eigenvalue weighted by Crippen LogP contribution is -2.31. The summed E-state index contributed by atoms with van der Waals surface area (Å²) >= 11 is 0. The fourth-order valence-electron chi connectivity index (χ4n) is 2.11. The third-order valence-corrected chi connectivity index (χ3v) is 4.95.